The first kappa shape index (κ1) is 21.4. The van der Waals surface area contributed by atoms with E-state index in [-0.39, 0.29) is 24.7 Å². The van der Waals surface area contributed by atoms with Gasteiger partial charge < -0.3 is 10.8 Å². The van der Waals surface area contributed by atoms with E-state index in [2.05, 4.69) is 0 Å². The third-order valence-corrected chi connectivity index (χ3v) is 3.52. The number of hydrogen-bond donors (Lipinski definition) is 2. The summed E-state index contributed by atoms with van der Waals surface area (Å²) in [5.74, 6) is -0.985. The first-order valence-electron chi connectivity index (χ1n) is 6.54. The molecule has 0 saturated heterocycles. The Labute approximate surface area is 138 Å². The van der Waals surface area contributed by atoms with Crippen molar-refractivity contribution in [2.75, 3.05) is 0 Å². The quantitative estimate of drug-likeness (QED) is 0.743. The summed E-state index contributed by atoms with van der Waals surface area (Å²) in [6.07, 6.45) is -5.29. The number of hydrogen-bond acceptors (Lipinski definition) is 2. The van der Waals surface area contributed by atoms with Gasteiger partial charge in [0.15, 0.2) is 0 Å². The fraction of sp³-hybridized carbons (Fsp3) is 0.571. The normalized spacial score (nSPS) is 14.6. The predicted molar refractivity (Wildman–Crippen MR) is 80.7 cm³/mol. The van der Waals surface area contributed by atoms with Crippen LogP contribution < -0.4 is 5.73 Å². The lowest BCUT2D eigenvalue weighted by atomic mass is 9.92. The Morgan fingerprint density at radius 3 is 2.23 bits per heavy atom. The van der Waals surface area contributed by atoms with E-state index >= 15 is 0 Å². The van der Waals surface area contributed by atoms with Gasteiger partial charge in [-0.15, -0.1) is 12.4 Å². The zero-order chi connectivity index (χ0) is 16.4. The van der Waals surface area contributed by atoms with Gasteiger partial charge in [-0.25, -0.2) is 4.39 Å². The molecular weight excluding hydrogens is 345 g/mol. The van der Waals surface area contributed by atoms with Gasteiger partial charge in [-0.2, -0.15) is 13.2 Å². The first-order chi connectivity index (χ1) is 9.55. The fourth-order valence-electron chi connectivity index (χ4n) is 2.02. The molecule has 0 heterocycles. The molecule has 2 nitrogen and oxygen atoms in total. The average molecular weight is 364 g/mol. The topological polar surface area (TPSA) is 46.2 Å². The lowest BCUT2D eigenvalue weighted by Gasteiger charge is -2.24. The van der Waals surface area contributed by atoms with Gasteiger partial charge in [0.2, 0.25) is 0 Å². The second kappa shape index (κ2) is 8.34. The van der Waals surface area contributed by atoms with Crippen LogP contribution in [0, 0.1) is 11.7 Å². The lowest BCUT2D eigenvalue weighted by Crippen LogP contribution is -2.30. The Bertz CT molecular complexity index is 494. The third-order valence-electron chi connectivity index (χ3n) is 3.23. The van der Waals surface area contributed by atoms with Crippen molar-refractivity contribution in [1.82, 2.24) is 0 Å². The molecule has 0 saturated carbocycles. The smallest absolute Gasteiger partial charge is 0.391 e. The predicted octanol–water partition coefficient (Wildman–Crippen LogP) is 4.72. The number of alkyl halides is 3. The van der Waals surface area contributed by atoms with Crippen LogP contribution in [0.4, 0.5) is 17.6 Å². The van der Waals surface area contributed by atoms with Crippen molar-refractivity contribution in [1.29, 1.82) is 0 Å². The molecule has 1 aromatic rings. The van der Waals surface area contributed by atoms with Gasteiger partial charge in [-0.05, 0) is 30.9 Å². The van der Waals surface area contributed by atoms with Gasteiger partial charge in [0.1, 0.15) is 5.82 Å². The van der Waals surface area contributed by atoms with Crippen LogP contribution in [0.25, 0.3) is 0 Å². The zero-order valence-corrected chi connectivity index (χ0v) is 13.7. The summed E-state index contributed by atoms with van der Waals surface area (Å²) in [7, 11) is 0. The summed E-state index contributed by atoms with van der Waals surface area (Å²) in [5, 5.41) is 9.47. The Morgan fingerprint density at radius 2 is 1.77 bits per heavy atom. The van der Waals surface area contributed by atoms with Gasteiger partial charge in [0, 0.05) is 5.56 Å². The van der Waals surface area contributed by atoms with Crippen LogP contribution in [-0.4, -0.2) is 11.2 Å². The Kier molecular flexibility index (Phi) is 8.12. The van der Waals surface area contributed by atoms with Crippen LogP contribution in [-0.2, 0) is 6.18 Å². The van der Waals surface area contributed by atoms with E-state index < -0.39 is 40.3 Å². The molecule has 1 aromatic carbocycles. The minimum Gasteiger partial charge on any atom is -0.391 e. The van der Waals surface area contributed by atoms with Crippen molar-refractivity contribution in [3.05, 3.63) is 34.1 Å². The summed E-state index contributed by atoms with van der Waals surface area (Å²) in [6, 6.07) is 0.0192. The second-order valence-corrected chi connectivity index (χ2v) is 5.79. The molecule has 128 valence electrons. The van der Waals surface area contributed by atoms with E-state index in [0.717, 1.165) is 6.07 Å². The number of aliphatic hydroxyl groups excluding tert-OH is 1. The monoisotopic (exact) mass is 363 g/mol. The van der Waals surface area contributed by atoms with Gasteiger partial charge in [-0.1, -0.05) is 25.4 Å². The maximum absolute atomic E-state index is 14.0. The molecular formula is C14H19Cl2F4NO. The number of rotatable bonds is 5. The highest BCUT2D eigenvalue weighted by Gasteiger charge is 2.38. The van der Waals surface area contributed by atoms with E-state index in [0.29, 0.717) is 12.5 Å². The summed E-state index contributed by atoms with van der Waals surface area (Å²) >= 11 is 5.53. The van der Waals surface area contributed by atoms with E-state index in [1.54, 1.807) is 0 Å². The first-order valence-corrected chi connectivity index (χ1v) is 6.92. The van der Waals surface area contributed by atoms with Crippen molar-refractivity contribution < 1.29 is 22.7 Å². The van der Waals surface area contributed by atoms with Crippen LogP contribution in [0.2, 0.25) is 5.02 Å². The van der Waals surface area contributed by atoms with Gasteiger partial charge >= 0.3 is 6.18 Å². The second-order valence-electron chi connectivity index (χ2n) is 5.38. The van der Waals surface area contributed by atoms with Crippen molar-refractivity contribution in [2.45, 2.75) is 45.0 Å². The molecule has 0 unspecified atom stereocenters. The molecule has 1 rings (SSSR count). The van der Waals surface area contributed by atoms with Crippen molar-refractivity contribution >= 4 is 24.0 Å². The SMILES string of the molecule is CC(C)CC[C@@H](O)[C@@H](N)c1c(C(F)(F)F)ccc(Cl)c1F.Cl. The molecule has 0 radical (unpaired) electrons. The molecule has 0 aliphatic heterocycles. The summed E-state index contributed by atoms with van der Waals surface area (Å²) in [6.45, 7) is 3.80. The summed E-state index contributed by atoms with van der Waals surface area (Å²) < 4.78 is 52.8. The van der Waals surface area contributed by atoms with Crippen LogP contribution in [0.15, 0.2) is 12.1 Å². The van der Waals surface area contributed by atoms with Crippen LogP contribution in [0.3, 0.4) is 0 Å². The van der Waals surface area contributed by atoms with E-state index in [1.807, 2.05) is 13.8 Å². The van der Waals surface area contributed by atoms with E-state index in [4.69, 9.17) is 17.3 Å². The van der Waals surface area contributed by atoms with Crippen molar-refractivity contribution in [3.8, 4) is 0 Å². The molecule has 22 heavy (non-hydrogen) atoms. The average Bonchev–Trinajstić information content (AvgIpc) is 2.36. The number of nitrogens with two attached hydrogens (primary N) is 1. The van der Waals surface area contributed by atoms with Crippen molar-refractivity contribution in [2.24, 2.45) is 11.7 Å². The third kappa shape index (κ3) is 5.26. The fourth-order valence-corrected chi connectivity index (χ4v) is 2.18. The molecule has 0 spiro atoms. The summed E-state index contributed by atoms with van der Waals surface area (Å²) in [4.78, 5) is 0. The molecule has 0 aliphatic carbocycles. The molecule has 0 aliphatic rings. The van der Waals surface area contributed by atoms with E-state index in [1.165, 1.54) is 0 Å². The largest absolute Gasteiger partial charge is 0.416 e. The van der Waals surface area contributed by atoms with Crippen molar-refractivity contribution in [3.63, 3.8) is 0 Å². The number of aliphatic hydroxyl groups is 1. The van der Waals surface area contributed by atoms with Crippen LogP contribution in [0.5, 0.6) is 0 Å². The number of benzene rings is 1. The van der Waals surface area contributed by atoms with Crippen LogP contribution in [0.1, 0.15) is 43.9 Å². The van der Waals surface area contributed by atoms with Gasteiger partial charge in [0.05, 0.1) is 22.7 Å². The molecule has 8 heteroatoms. The standard InChI is InChI=1S/C14H18ClF4NO.ClH/c1-7(2)3-6-10(21)13(20)11-8(14(17,18)19)4-5-9(15)12(11)16;/h4-5,7,10,13,21H,3,6,20H2,1-2H3;1H/t10-,13-;/m1./s1. The van der Waals surface area contributed by atoms with Gasteiger partial charge in [-0.3, -0.25) is 0 Å². The Balaban J connectivity index is 0.00000441. The maximum atomic E-state index is 14.0. The minimum absolute atomic E-state index is 0. The number of halogens is 6. The Hall–Kier alpha value is -0.560. The zero-order valence-electron chi connectivity index (χ0n) is 12.1. The van der Waals surface area contributed by atoms with Crippen LogP contribution >= 0.6 is 24.0 Å². The molecule has 2 atom stereocenters. The Morgan fingerprint density at radius 1 is 1.23 bits per heavy atom. The highest BCUT2D eigenvalue weighted by molar-refractivity contribution is 6.30. The lowest BCUT2D eigenvalue weighted by molar-refractivity contribution is -0.138. The minimum atomic E-state index is -4.77. The highest BCUT2D eigenvalue weighted by atomic mass is 35.5. The molecule has 0 aromatic heterocycles. The summed E-state index contributed by atoms with van der Waals surface area (Å²) in [5.41, 5.74) is 3.65. The molecule has 0 fully saturated rings. The molecule has 0 bridgehead atoms. The molecule has 0 amide bonds. The van der Waals surface area contributed by atoms with Gasteiger partial charge in [0.25, 0.3) is 0 Å². The van der Waals surface area contributed by atoms with E-state index in [9.17, 15) is 22.7 Å². The maximum Gasteiger partial charge on any atom is 0.416 e. The molecule has 3 N–H and O–H groups in total. The highest BCUT2D eigenvalue weighted by Crippen LogP contribution is 2.38.